The molecule has 2 aliphatic rings. The highest BCUT2D eigenvalue weighted by Gasteiger charge is 2.28. The molecule has 6 nitrogen and oxygen atoms in total. The molecule has 0 unspecified atom stereocenters. The maximum atomic E-state index is 13.0. The number of nitrogens with one attached hydrogen (secondary N) is 1. The van der Waals surface area contributed by atoms with Gasteiger partial charge in [-0.25, -0.2) is 5.01 Å². The molecule has 1 fully saturated rings. The highest BCUT2D eigenvalue weighted by molar-refractivity contribution is 6.30. The maximum absolute atomic E-state index is 13.0. The molecule has 2 aromatic rings. The van der Waals surface area contributed by atoms with E-state index in [2.05, 4.69) is 22.5 Å². The number of amides is 2. The number of anilines is 1. The first-order valence-corrected chi connectivity index (χ1v) is 10.1. The van der Waals surface area contributed by atoms with Crippen LogP contribution in [0.5, 0.6) is 0 Å². The number of rotatable bonds is 4. The molecule has 2 heterocycles. The molecule has 4 rings (SSSR count). The second-order valence-corrected chi connectivity index (χ2v) is 7.63. The van der Waals surface area contributed by atoms with Crippen LogP contribution in [-0.4, -0.2) is 47.8 Å². The molecule has 29 heavy (non-hydrogen) atoms. The predicted octanol–water partition coefficient (Wildman–Crippen LogP) is 2.81. The van der Waals surface area contributed by atoms with Crippen molar-refractivity contribution in [3.05, 3.63) is 77.0 Å². The van der Waals surface area contributed by atoms with Gasteiger partial charge in [0.2, 0.25) is 5.91 Å². The molecule has 2 amide bonds. The lowest BCUT2D eigenvalue weighted by Gasteiger charge is -2.36. The molecule has 1 N–H and O–H groups in total. The van der Waals surface area contributed by atoms with Crippen LogP contribution in [0.2, 0.25) is 5.02 Å². The van der Waals surface area contributed by atoms with Crippen molar-refractivity contribution < 1.29 is 9.59 Å². The van der Waals surface area contributed by atoms with Crippen molar-refractivity contribution >= 4 is 29.1 Å². The van der Waals surface area contributed by atoms with Gasteiger partial charge >= 0.3 is 0 Å². The Labute approximate surface area is 175 Å². The highest BCUT2D eigenvalue weighted by atomic mass is 35.5. The molecule has 7 heteroatoms. The Morgan fingerprint density at radius 3 is 2.34 bits per heavy atom. The summed E-state index contributed by atoms with van der Waals surface area (Å²) in [5.41, 5.74) is 5.36. The van der Waals surface area contributed by atoms with Crippen molar-refractivity contribution in [2.45, 2.75) is 13.0 Å². The lowest BCUT2D eigenvalue weighted by molar-refractivity contribution is -0.129. The van der Waals surface area contributed by atoms with Crippen LogP contribution in [0.1, 0.15) is 12.0 Å². The van der Waals surface area contributed by atoms with Gasteiger partial charge in [0, 0.05) is 44.2 Å². The zero-order valence-corrected chi connectivity index (χ0v) is 16.8. The summed E-state index contributed by atoms with van der Waals surface area (Å²) in [6, 6.07) is 17.3. The predicted molar refractivity (Wildman–Crippen MR) is 113 cm³/mol. The van der Waals surface area contributed by atoms with Gasteiger partial charge < -0.3 is 4.90 Å². The normalized spacial score (nSPS) is 17.7. The Morgan fingerprint density at radius 2 is 1.66 bits per heavy atom. The molecule has 0 spiro atoms. The van der Waals surface area contributed by atoms with Gasteiger partial charge in [-0.05, 0) is 35.9 Å². The number of nitrogens with zero attached hydrogens (tertiary/aromatic N) is 3. The molecule has 0 saturated carbocycles. The van der Waals surface area contributed by atoms with Crippen LogP contribution >= 0.6 is 11.6 Å². The van der Waals surface area contributed by atoms with Crippen molar-refractivity contribution in [1.29, 1.82) is 0 Å². The van der Waals surface area contributed by atoms with E-state index in [0.29, 0.717) is 29.5 Å². The summed E-state index contributed by atoms with van der Waals surface area (Å²) in [6.07, 6.45) is 1.86. The fourth-order valence-electron chi connectivity index (χ4n) is 3.56. The summed E-state index contributed by atoms with van der Waals surface area (Å²) < 4.78 is 0. The molecule has 0 atom stereocenters. The Hall–Kier alpha value is -2.83. The van der Waals surface area contributed by atoms with Crippen molar-refractivity contribution in [3.8, 4) is 0 Å². The van der Waals surface area contributed by atoms with Crippen molar-refractivity contribution in [3.63, 3.8) is 0 Å². The molecular formula is C22H23ClN4O2. The fourth-order valence-corrected chi connectivity index (χ4v) is 3.69. The Balaban J connectivity index is 1.36. The third-order valence-corrected chi connectivity index (χ3v) is 5.44. The largest absolute Gasteiger partial charge is 0.335 e. The van der Waals surface area contributed by atoms with Crippen molar-refractivity contribution in [1.82, 2.24) is 15.2 Å². The fraction of sp³-hybridized carbons (Fsp3) is 0.273. The first kappa shape index (κ1) is 19.5. The number of hydrazine groups is 1. The average molecular weight is 411 g/mol. The topological polar surface area (TPSA) is 55.9 Å². The minimum Gasteiger partial charge on any atom is -0.335 e. The Kier molecular flexibility index (Phi) is 5.83. The summed E-state index contributed by atoms with van der Waals surface area (Å²) >= 11 is 5.93. The highest BCUT2D eigenvalue weighted by Crippen LogP contribution is 2.21. The van der Waals surface area contributed by atoms with E-state index in [1.165, 1.54) is 10.6 Å². The van der Waals surface area contributed by atoms with Crippen LogP contribution in [-0.2, 0) is 16.1 Å². The number of hydrogen-bond donors (Lipinski definition) is 1. The second-order valence-electron chi connectivity index (χ2n) is 7.19. The number of carbonyl (C=O) groups excluding carboxylic acids is 2. The van der Waals surface area contributed by atoms with E-state index >= 15 is 0 Å². The van der Waals surface area contributed by atoms with Gasteiger partial charge in [-0.15, -0.1) is 0 Å². The molecular weight excluding hydrogens is 388 g/mol. The molecule has 0 bridgehead atoms. The molecule has 0 aliphatic carbocycles. The summed E-state index contributed by atoms with van der Waals surface area (Å²) in [7, 11) is 0. The molecule has 1 saturated heterocycles. The maximum Gasteiger partial charge on any atom is 0.271 e. The Morgan fingerprint density at radius 1 is 0.966 bits per heavy atom. The minimum atomic E-state index is -0.114. The second kappa shape index (κ2) is 8.68. The first-order valence-electron chi connectivity index (χ1n) is 9.71. The van der Waals surface area contributed by atoms with Crippen molar-refractivity contribution in [2.24, 2.45) is 0 Å². The molecule has 2 aromatic carbocycles. The van der Waals surface area contributed by atoms with E-state index in [9.17, 15) is 9.59 Å². The van der Waals surface area contributed by atoms with Gasteiger partial charge in [0.05, 0.1) is 5.69 Å². The van der Waals surface area contributed by atoms with Gasteiger partial charge in [0.15, 0.2) is 0 Å². The minimum absolute atomic E-state index is 0.0733. The van der Waals surface area contributed by atoms with E-state index in [1.54, 1.807) is 30.3 Å². The van der Waals surface area contributed by atoms with Crippen LogP contribution in [0.3, 0.4) is 0 Å². The van der Waals surface area contributed by atoms with E-state index in [0.717, 1.165) is 19.6 Å². The molecule has 0 aromatic heterocycles. The van der Waals surface area contributed by atoms with Gasteiger partial charge in [-0.3, -0.25) is 19.9 Å². The monoisotopic (exact) mass is 410 g/mol. The third kappa shape index (κ3) is 4.60. The number of benzene rings is 2. The van der Waals surface area contributed by atoms with E-state index in [1.807, 2.05) is 23.1 Å². The summed E-state index contributed by atoms with van der Waals surface area (Å²) in [5, 5.41) is 2.01. The molecule has 2 aliphatic heterocycles. The summed E-state index contributed by atoms with van der Waals surface area (Å²) in [5.74, 6) is -0.188. The zero-order chi connectivity index (χ0) is 20.2. The standard InChI is InChI=1S/C22H23ClN4O2/c23-18-6-8-19(9-7-18)27-21(28)11-10-20(24-27)22(29)26-14-12-25(13-15-26)16-17-4-2-1-3-5-17/h1-10,24H,11-16H2. The lowest BCUT2D eigenvalue weighted by Crippen LogP contribution is -2.53. The smallest absolute Gasteiger partial charge is 0.271 e. The quantitative estimate of drug-likeness (QED) is 0.842. The summed E-state index contributed by atoms with van der Waals surface area (Å²) in [4.78, 5) is 29.5. The van der Waals surface area contributed by atoms with Gasteiger partial charge in [0.1, 0.15) is 5.70 Å². The van der Waals surface area contributed by atoms with Crippen LogP contribution in [0, 0.1) is 0 Å². The van der Waals surface area contributed by atoms with Crippen LogP contribution in [0.15, 0.2) is 66.4 Å². The summed E-state index contributed by atoms with van der Waals surface area (Å²) in [6.45, 7) is 3.88. The van der Waals surface area contributed by atoms with Crippen molar-refractivity contribution in [2.75, 3.05) is 31.2 Å². The van der Waals surface area contributed by atoms with E-state index in [-0.39, 0.29) is 18.2 Å². The zero-order valence-electron chi connectivity index (χ0n) is 16.1. The number of hydrogen-bond acceptors (Lipinski definition) is 4. The van der Waals surface area contributed by atoms with Gasteiger partial charge in [0.25, 0.3) is 5.91 Å². The molecule has 150 valence electrons. The molecule has 0 radical (unpaired) electrons. The van der Waals surface area contributed by atoms with Gasteiger partial charge in [-0.2, -0.15) is 0 Å². The van der Waals surface area contributed by atoms with Gasteiger partial charge in [-0.1, -0.05) is 41.9 Å². The number of carbonyl (C=O) groups is 2. The first-order chi connectivity index (χ1) is 14.1. The van der Waals surface area contributed by atoms with Crippen LogP contribution in [0.4, 0.5) is 5.69 Å². The Bertz CT molecular complexity index is 906. The number of halogens is 1. The van der Waals surface area contributed by atoms with Crippen LogP contribution < -0.4 is 10.4 Å². The number of piperazine rings is 1. The third-order valence-electron chi connectivity index (χ3n) is 5.19. The van der Waals surface area contributed by atoms with E-state index in [4.69, 9.17) is 11.6 Å². The average Bonchev–Trinajstić information content (AvgIpc) is 2.76. The van der Waals surface area contributed by atoms with E-state index < -0.39 is 0 Å². The lowest BCUT2D eigenvalue weighted by atomic mass is 10.2. The van der Waals surface area contributed by atoms with Crippen LogP contribution in [0.25, 0.3) is 0 Å². The SMILES string of the molecule is O=C(C1=CCC(=O)N(c2ccc(Cl)cc2)N1)N1CCN(Cc2ccccc2)CC1.